The van der Waals surface area contributed by atoms with Crippen molar-refractivity contribution < 1.29 is 18.3 Å². The lowest BCUT2D eigenvalue weighted by molar-refractivity contribution is 0.0714. The number of likely N-dealkylation sites (tertiary alicyclic amines) is 1. The van der Waals surface area contributed by atoms with Gasteiger partial charge in [-0.3, -0.25) is 9.20 Å². The first-order valence-corrected chi connectivity index (χ1v) is 13.3. The minimum absolute atomic E-state index is 0.0332. The van der Waals surface area contributed by atoms with Crippen LogP contribution in [0.25, 0.3) is 27.6 Å². The Morgan fingerprint density at radius 3 is 2.74 bits per heavy atom. The molecule has 198 valence electrons. The minimum Gasteiger partial charge on any atom is -0.497 e. The van der Waals surface area contributed by atoms with E-state index in [9.17, 15) is 13.6 Å². The summed E-state index contributed by atoms with van der Waals surface area (Å²) in [5, 5.41) is 5.28. The van der Waals surface area contributed by atoms with Gasteiger partial charge < -0.3 is 15.0 Å². The van der Waals surface area contributed by atoms with Gasteiger partial charge in [0.05, 0.1) is 18.5 Å². The van der Waals surface area contributed by atoms with Crippen molar-refractivity contribution in [1.29, 1.82) is 0 Å². The van der Waals surface area contributed by atoms with Crippen molar-refractivity contribution in [1.82, 2.24) is 24.3 Å². The molecule has 11 heteroatoms. The van der Waals surface area contributed by atoms with E-state index in [1.165, 1.54) is 17.4 Å². The highest BCUT2D eigenvalue weighted by atomic mass is 32.1. The van der Waals surface area contributed by atoms with Crippen LogP contribution in [0.3, 0.4) is 0 Å². The van der Waals surface area contributed by atoms with E-state index in [0.717, 1.165) is 25.0 Å². The van der Waals surface area contributed by atoms with E-state index in [1.54, 1.807) is 43.6 Å². The average Bonchev–Trinajstić information content (AvgIpc) is 3.56. The van der Waals surface area contributed by atoms with Crippen molar-refractivity contribution in [2.45, 2.75) is 18.9 Å². The standard InChI is InChI=1S/C28H24F2N6O2S/c1-38-20-7-4-17(5-8-20)26(37)35-12-2-3-19(16-35)32-27-31-11-10-23(33-27)25-24(34-28-36(25)13-14-39-28)18-6-9-21(29)22(30)15-18/h4-11,13-15,19H,2-3,12,16H2,1H3,(H,31,32,33)/t19-/m1/s1. The van der Waals surface area contributed by atoms with Crippen molar-refractivity contribution in [3.63, 3.8) is 0 Å². The molecule has 39 heavy (non-hydrogen) atoms. The third-order valence-electron chi connectivity index (χ3n) is 6.73. The van der Waals surface area contributed by atoms with Gasteiger partial charge >= 0.3 is 0 Å². The Kier molecular flexibility index (Phi) is 6.65. The molecule has 3 aromatic heterocycles. The predicted molar refractivity (Wildman–Crippen MR) is 145 cm³/mol. The zero-order chi connectivity index (χ0) is 26.9. The van der Waals surface area contributed by atoms with E-state index in [4.69, 9.17) is 9.72 Å². The maximum Gasteiger partial charge on any atom is 0.253 e. The van der Waals surface area contributed by atoms with Gasteiger partial charge in [-0.1, -0.05) is 0 Å². The molecule has 1 saturated heterocycles. The number of carbonyl (C=O) groups excluding carboxylic acids is 1. The molecule has 1 fully saturated rings. The second-order valence-electron chi connectivity index (χ2n) is 9.22. The molecule has 0 unspecified atom stereocenters. The van der Waals surface area contributed by atoms with Crippen molar-refractivity contribution in [3.8, 4) is 28.4 Å². The molecule has 1 N–H and O–H groups in total. The summed E-state index contributed by atoms with van der Waals surface area (Å²) in [7, 11) is 1.59. The molecule has 1 amide bonds. The van der Waals surface area contributed by atoms with Crippen LogP contribution in [-0.4, -0.2) is 56.4 Å². The number of methoxy groups -OCH3 is 1. The van der Waals surface area contributed by atoms with Crippen molar-refractivity contribution in [2.75, 3.05) is 25.5 Å². The van der Waals surface area contributed by atoms with E-state index in [-0.39, 0.29) is 11.9 Å². The number of amides is 1. The van der Waals surface area contributed by atoms with Crippen molar-refractivity contribution in [2.24, 2.45) is 0 Å². The van der Waals surface area contributed by atoms with Crippen molar-refractivity contribution in [3.05, 3.63) is 83.5 Å². The van der Waals surface area contributed by atoms with Crippen LogP contribution in [0.15, 0.2) is 66.3 Å². The third-order valence-corrected chi connectivity index (χ3v) is 7.49. The second kappa shape index (κ2) is 10.4. The first-order chi connectivity index (χ1) is 19.0. The number of anilines is 1. The number of piperidine rings is 1. The van der Waals surface area contributed by atoms with Gasteiger partial charge in [0.15, 0.2) is 16.6 Å². The third kappa shape index (κ3) is 4.92. The van der Waals surface area contributed by atoms with Gasteiger partial charge in [-0.2, -0.15) is 0 Å². The van der Waals surface area contributed by atoms with Gasteiger partial charge in [0.2, 0.25) is 5.95 Å². The lowest BCUT2D eigenvalue weighted by atomic mass is 10.0. The summed E-state index contributed by atoms with van der Waals surface area (Å²) in [5.41, 5.74) is 2.80. The number of aromatic nitrogens is 4. The van der Waals surface area contributed by atoms with E-state index in [0.29, 0.717) is 58.0 Å². The average molecular weight is 547 g/mol. The molecule has 1 atom stereocenters. The number of benzene rings is 2. The van der Waals surface area contributed by atoms with Gasteiger partial charge in [0.1, 0.15) is 11.4 Å². The summed E-state index contributed by atoms with van der Waals surface area (Å²) in [4.78, 5) is 29.5. The van der Waals surface area contributed by atoms with E-state index >= 15 is 0 Å². The maximum absolute atomic E-state index is 14.1. The van der Waals surface area contributed by atoms with Crippen LogP contribution in [0.5, 0.6) is 5.75 Å². The van der Waals surface area contributed by atoms with E-state index < -0.39 is 11.6 Å². The number of carbonyl (C=O) groups is 1. The normalized spacial score (nSPS) is 15.5. The van der Waals surface area contributed by atoms with Gasteiger partial charge in [-0.25, -0.2) is 23.7 Å². The molecule has 4 heterocycles. The molecule has 0 radical (unpaired) electrons. The lowest BCUT2D eigenvalue weighted by Gasteiger charge is -2.33. The minimum atomic E-state index is -0.939. The smallest absolute Gasteiger partial charge is 0.253 e. The number of ether oxygens (including phenoxy) is 1. The summed E-state index contributed by atoms with van der Waals surface area (Å²) >= 11 is 1.44. The molecule has 0 aliphatic carbocycles. The molecule has 1 aliphatic heterocycles. The number of rotatable bonds is 6. The lowest BCUT2D eigenvalue weighted by Crippen LogP contribution is -2.45. The molecule has 0 spiro atoms. The molecule has 6 rings (SSSR count). The number of hydrogen-bond donors (Lipinski definition) is 1. The van der Waals surface area contributed by atoms with Crippen LogP contribution in [0.4, 0.5) is 14.7 Å². The highest BCUT2D eigenvalue weighted by Crippen LogP contribution is 2.34. The number of halogens is 2. The van der Waals surface area contributed by atoms with Gasteiger partial charge in [-0.05, 0) is 61.4 Å². The summed E-state index contributed by atoms with van der Waals surface area (Å²) < 4.78 is 34.7. The number of imidazole rings is 1. The number of nitrogens with one attached hydrogen (secondary N) is 1. The Labute approximate surface area is 226 Å². The van der Waals surface area contributed by atoms with Crippen LogP contribution in [-0.2, 0) is 0 Å². The highest BCUT2D eigenvalue weighted by molar-refractivity contribution is 7.15. The molecule has 8 nitrogen and oxygen atoms in total. The molecule has 2 aromatic carbocycles. The maximum atomic E-state index is 14.1. The molecule has 5 aromatic rings. The fraction of sp³-hybridized carbons (Fsp3) is 0.214. The monoisotopic (exact) mass is 546 g/mol. The Morgan fingerprint density at radius 2 is 1.95 bits per heavy atom. The van der Waals surface area contributed by atoms with Crippen LogP contribution in [0, 0.1) is 11.6 Å². The summed E-state index contributed by atoms with van der Waals surface area (Å²) in [6.07, 6.45) is 5.22. The molecule has 1 aliphatic rings. The fourth-order valence-electron chi connectivity index (χ4n) is 4.81. The van der Waals surface area contributed by atoms with Gasteiger partial charge in [0, 0.05) is 48.0 Å². The Morgan fingerprint density at radius 1 is 1.10 bits per heavy atom. The Hall–Kier alpha value is -4.38. The summed E-state index contributed by atoms with van der Waals surface area (Å²) in [6, 6.07) is 12.6. The summed E-state index contributed by atoms with van der Waals surface area (Å²) in [5.74, 6) is -0.771. The Balaban J connectivity index is 1.25. The number of nitrogens with zero attached hydrogens (tertiary/aromatic N) is 5. The summed E-state index contributed by atoms with van der Waals surface area (Å²) in [6.45, 7) is 1.19. The SMILES string of the molecule is COc1ccc(C(=O)N2CCC[C@@H](Nc3nccc(-c4c(-c5ccc(F)c(F)c5)nc5sccn45)n3)C2)cc1. The molecule has 0 saturated carbocycles. The highest BCUT2D eigenvalue weighted by Gasteiger charge is 2.26. The van der Waals surface area contributed by atoms with Crippen LogP contribution < -0.4 is 10.1 Å². The van der Waals surface area contributed by atoms with Crippen LogP contribution in [0.2, 0.25) is 0 Å². The topological polar surface area (TPSA) is 84.6 Å². The molecular weight excluding hydrogens is 522 g/mol. The quantitative estimate of drug-likeness (QED) is 0.302. The van der Waals surface area contributed by atoms with Gasteiger partial charge in [0.25, 0.3) is 5.91 Å². The number of fused-ring (bicyclic) bond motifs is 1. The number of hydrogen-bond acceptors (Lipinski definition) is 7. The van der Waals surface area contributed by atoms with E-state index in [2.05, 4.69) is 15.3 Å². The first kappa shape index (κ1) is 24.9. The number of thiazole rings is 1. The Bertz CT molecular complexity index is 1650. The van der Waals surface area contributed by atoms with Crippen LogP contribution in [0.1, 0.15) is 23.2 Å². The van der Waals surface area contributed by atoms with Gasteiger partial charge in [-0.15, -0.1) is 11.3 Å². The zero-order valence-electron chi connectivity index (χ0n) is 21.0. The molecular formula is C28H24F2N6O2S. The largest absolute Gasteiger partial charge is 0.497 e. The first-order valence-electron chi connectivity index (χ1n) is 12.4. The van der Waals surface area contributed by atoms with Crippen molar-refractivity contribution >= 4 is 28.2 Å². The molecule has 0 bridgehead atoms. The second-order valence-corrected chi connectivity index (χ2v) is 10.1. The van der Waals surface area contributed by atoms with Crippen LogP contribution >= 0.6 is 11.3 Å². The zero-order valence-corrected chi connectivity index (χ0v) is 21.8. The van der Waals surface area contributed by atoms with E-state index in [1.807, 2.05) is 20.9 Å². The fourth-order valence-corrected chi connectivity index (χ4v) is 5.53. The predicted octanol–water partition coefficient (Wildman–Crippen LogP) is 5.52.